The van der Waals surface area contributed by atoms with Crippen LogP contribution in [0, 0.1) is 0 Å². The highest BCUT2D eigenvalue weighted by molar-refractivity contribution is 7.10. The van der Waals surface area contributed by atoms with Crippen molar-refractivity contribution in [1.29, 1.82) is 0 Å². The summed E-state index contributed by atoms with van der Waals surface area (Å²) >= 11 is 1.65. The Morgan fingerprint density at radius 2 is 2.11 bits per heavy atom. The highest BCUT2D eigenvalue weighted by Gasteiger charge is 2.33. The monoisotopic (exact) mass is 398 g/mol. The van der Waals surface area contributed by atoms with Crippen molar-refractivity contribution in [2.75, 3.05) is 13.1 Å². The van der Waals surface area contributed by atoms with Gasteiger partial charge in [-0.2, -0.15) is 0 Å². The molecule has 2 aliphatic heterocycles. The highest BCUT2D eigenvalue weighted by atomic mass is 32.1. The zero-order chi connectivity index (χ0) is 19.8. The van der Waals surface area contributed by atoms with Crippen LogP contribution in [0.4, 0.5) is 0 Å². The molecular weight excluding hydrogens is 372 g/mol. The van der Waals surface area contributed by atoms with E-state index in [1.807, 2.05) is 27.4 Å². The number of aromatic nitrogens is 2. The van der Waals surface area contributed by atoms with E-state index in [1.54, 1.807) is 18.3 Å². The predicted molar refractivity (Wildman–Crippen MR) is 108 cm³/mol. The van der Waals surface area contributed by atoms with Gasteiger partial charge in [0.25, 0.3) is 5.91 Å². The van der Waals surface area contributed by atoms with E-state index >= 15 is 0 Å². The molecule has 0 saturated carbocycles. The maximum absolute atomic E-state index is 13.1. The van der Waals surface area contributed by atoms with Crippen LogP contribution in [-0.4, -0.2) is 44.7 Å². The molecule has 2 aromatic heterocycles. The Morgan fingerprint density at radius 1 is 1.29 bits per heavy atom. The fraction of sp³-hybridized carbons (Fsp3) is 0.524. The van der Waals surface area contributed by atoms with E-state index < -0.39 is 0 Å². The highest BCUT2D eigenvalue weighted by Crippen LogP contribution is 2.33. The zero-order valence-corrected chi connectivity index (χ0v) is 17.5. The molecule has 1 atom stereocenters. The third-order valence-electron chi connectivity index (χ3n) is 5.65. The molecular formula is C21H26N4O2S. The van der Waals surface area contributed by atoms with Crippen molar-refractivity contribution in [3.8, 4) is 0 Å². The molecule has 2 amide bonds. The van der Waals surface area contributed by atoms with Gasteiger partial charge in [-0.25, -0.2) is 9.97 Å². The van der Waals surface area contributed by atoms with E-state index in [2.05, 4.69) is 18.8 Å². The number of amides is 2. The van der Waals surface area contributed by atoms with Gasteiger partial charge in [0.15, 0.2) is 5.82 Å². The van der Waals surface area contributed by atoms with Gasteiger partial charge in [-0.05, 0) is 24.8 Å². The van der Waals surface area contributed by atoms with E-state index in [0.29, 0.717) is 19.0 Å². The molecule has 0 bridgehead atoms. The Labute approximate surface area is 169 Å². The first-order valence-corrected chi connectivity index (χ1v) is 10.8. The summed E-state index contributed by atoms with van der Waals surface area (Å²) in [5, 5.41) is 1.97. The second-order valence-corrected chi connectivity index (χ2v) is 8.88. The number of nitrogens with zero attached hydrogens (tertiary/aromatic N) is 4. The SMILES string of the molecule is CC(=O)N1CCc2nc(C3CCCN3C(=O)c3csc(C(C)C)c3)ncc2C1. The smallest absolute Gasteiger partial charge is 0.255 e. The molecule has 0 N–H and O–H groups in total. The molecule has 28 heavy (non-hydrogen) atoms. The van der Waals surface area contributed by atoms with Gasteiger partial charge in [-0.1, -0.05) is 13.8 Å². The Bertz CT molecular complexity index is 908. The normalized spacial score (nSPS) is 19.2. The predicted octanol–water partition coefficient (Wildman–Crippen LogP) is 3.54. The quantitative estimate of drug-likeness (QED) is 0.793. The fourth-order valence-electron chi connectivity index (χ4n) is 3.97. The van der Waals surface area contributed by atoms with Crippen molar-refractivity contribution in [1.82, 2.24) is 19.8 Å². The Hall–Kier alpha value is -2.28. The lowest BCUT2D eigenvalue weighted by atomic mass is 10.1. The maximum Gasteiger partial charge on any atom is 0.255 e. The van der Waals surface area contributed by atoms with Gasteiger partial charge in [0.1, 0.15) is 0 Å². The fourth-order valence-corrected chi connectivity index (χ4v) is 4.87. The van der Waals surface area contributed by atoms with Crippen LogP contribution in [0.3, 0.4) is 0 Å². The largest absolute Gasteiger partial charge is 0.338 e. The second kappa shape index (κ2) is 7.62. The van der Waals surface area contributed by atoms with Crippen molar-refractivity contribution in [3.05, 3.63) is 45.2 Å². The third-order valence-corrected chi connectivity index (χ3v) is 6.88. The van der Waals surface area contributed by atoms with Gasteiger partial charge in [-0.15, -0.1) is 11.3 Å². The van der Waals surface area contributed by atoms with Crippen molar-refractivity contribution < 1.29 is 9.59 Å². The Kier molecular flexibility index (Phi) is 5.19. The van der Waals surface area contributed by atoms with Gasteiger partial charge in [0, 0.05) is 55.0 Å². The molecule has 0 aromatic carbocycles. The lowest BCUT2D eigenvalue weighted by Gasteiger charge is -2.28. The topological polar surface area (TPSA) is 66.4 Å². The molecule has 1 saturated heterocycles. The van der Waals surface area contributed by atoms with Gasteiger partial charge in [0.05, 0.1) is 17.3 Å². The lowest BCUT2D eigenvalue weighted by Crippen LogP contribution is -2.36. The summed E-state index contributed by atoms with van der Waals surface area (Å²) in [5.74, 6) is 1.33. The van der Waals surface area contributed by atoms with E-state index in [1.165, 1.54) is 4.88 Å². The Balaban J connectivity index is 1.55. The molecule has 2 aliphatic rings. The molecule has 0 aliphatic carbocycles. The first kappa shape index (κ1) is 19.1. The minimum absolute atomic E-state index is 0.0639. The third kappa shape index (κ3) is 3.55. The van der Waals surface area contributed by atoms with Crippen LogP contribution in [-0.2, 0) is 17.8 Å². The maximum atomic E-state index is 13.1. The Morgan fingerprint density at radius 3 is 2.82 bits per heavy atom. The summed E-state index contributed by atoms with van der Waals surface area (Å²) in [6, 6.07) is 1.96. The number of thiophene rings is 1. The summed E-state index contributed by atoms with van der Waals surface area (Å²) in [5.41, 5.74) is 2.80. The molecule has 4 heterocycles. The van der Waals surface area contributed by atoms with Gasteiger partial charge >= 0.3 is 0 Å². The average molecular weight is 399 g/mol. The summed E-state index contributed by atoms with van der Waals surface area (Å²) in [6.45, 7) is 7.90. The molecule has 2 aromatic rings. The van der Waals surface area contributed by atoms with E-state index in [0.717, 1.165) is 48.5 Å². The number of hydrogen-bond acceptors (Lipinski definition) is 5. The number of hydrogen-bond donors (Lipinski definition) is 0. The minimum Gasteiger partial charge on any atom is -0.338 e. The first-order valence-electron chi connectivity index (χ1n) is 9.93. The van der Waals surface area contributed by atoms with Crippen LogP contribution in [0.25, 0.3) is 0 Å². The van der Waals surface area contributed by atoms with Crippen LogP contribution >= 0.6 is 11.3 Å². The zero-order valence-electron chi connectivity index (χ0n) is 16.6. The number of fused-ring (bicyclic) bond motifs is 1. The summed E-state index contributed by atoms with van der Waals surface area (Å²) < 4.78 is 0. The molecule has 4 rings (SSSR count). The summed E-state index contributed by atoms with van der Waals surface area (Å²) in [6.07, 6.45) is 4.45. The van der Waals surface area contributed by atoms with Crippen molar-refractivity contribution >= 4 is 23.2 Å². The van der Waals surface area contributed by atoms with Crippen molar-refractivity contribution in [2.45, 2.75) is 58.5 Å². The molecule has 7 heteroatoms. The van der Waals surface area contributed by atoms with Gasteiger partial charge in [0.2, 0.25) is 5.91 Å². The molecule has 0 radical (unpaired) electrons. The standard InChI is InChI=1S/C21H26N4O2S/c1-13(2)19-9-15(12-28-19)21(27)25-7-4-5-18(25)20-22-10-16-11-24(14(3)26)8-6-17(16)23-20/h9-10,12-13,18H,4-8,11H2,1-3H3. The number of likely N-dealkylation sites (tertiary alicyclic amines) is 1. The van der Waals surface area contributed by atoms with Crippen molar-refractivity contribution in [2.24, 2.45) is 0 Å². The van der Waals surface area contributed by atoms with E-state index in [4.69, 9.17) is 4.98 Å². The second-order valence-electron chi connectivity index (χ2n) is 7.94. The molecule has 6 nitrogen and oxygen atoms in total. The van der Waals surface area contributed by atoms with Gasteiger partial charge in [-0.3, -0.25) is 9.59 Å². The molecule has 1 unspecified atom stereocenters. The van der Waals surface area contributed by atoms with Crippen LogP contribution in [0.15, 0.2) is 17.6 Å². The lowest BCUT2D eigenvalue weighted by molar-refractivity contribution is -0.129. The van der Waals surface area contributed by atoms with Crippen LogP contribution < -0.4 is 0 Å². The number of rotatable bonds is 3. The van der Waals surface area contributed by atoms with Crippen LogP contribution in [0.5, 0.6) is 0 Å². The molecule has 148 valence electrons. The summed E-state index contributed by atoms with van der Waals surface area (Å²) in [4.78, 5) is 39.1. The van der Waals surface area contributed by atoms with Crippen LogP contribution in [0.1, 0.15) is 77.9 Å². The molecule has 0 spiro atoms. The van der Waals surface area contributed by atoms with Crippen molar-refractivity contribution in [3.63, 3.8) is 0 Å². The minimum atomic E-state index is -0.0639. The first-order chi connectivity index (χ1) is 13.4. The van der Waals surface area contributed by atoms with Gasteiger partial charge < -0.3 is 9.80 Å². The van der Waals surface area contributed by atoms with Crippen LogP contribution in [0.2, 0.25) is 0 Å². The number of carbonyl (C=O) groups excluding carboxylic acids is 2. The van der Waals surface area contributed by atoms with E-state index in [-0.39, 0.29) is 17.9 Å². The number of carbonyl (C=O) groups is 2. The summed E-state index contributed by atoms with van der Waals surface area (Å²) in [7, 11) is 0. The van der Waals surface area contributed by atoms with E-state index in [9.17, 15) is 9.59 Å². The molecule has 1 fully saturated rings. The average Bonchev–Trinajstić information content (AvgIpc) is 3.36.